The smallest absolute Gasteiger partial charge is 0.0856 e. The van der Waals surface area contributed by atoms with Crippen molar-refractivity contribution in [3.8, 4) is 0 Å². The second-order valence-corrected chi connectivity index (χ2v) is 2.33. The summed E-state index contributed by atoms with van der Waals surface area (Å²) in [6, 6.07) is 3.80. The molecule has 1 aromatic rings. The molecule has 0 radical (unpaired) electrons. The maximum atomic E-state index is 5.62. The lowest BCUT2D eigenvalue weighted by atomic mass is 10.2. The Labute approximate surface area is 66.8 Å². The molecular formula is C9H12N2. The number of rotatable bonds is 2. The Hall–Kier alpha value is -1.31. The Kier molecular flexibility index (Phi) is 2.26. The summed E-state index contributed by atoms with van der Waals surface area (Å²) in [6.07, 6.45) is 2.61. The molecule has 0 spiro atoms. The third-order valence-corrected chi connectivity index (χ3v) is 1.57. The SMILES string of the molecule is C=Cc1nc(CC)ccc1N. The van der Waals surface area contributed by atoms with Gasteiger partial charge in [-0.1, -0.05) is 13.5 Å². The van der Waals surface area contributed by atoms with Gasteiger partial charge in [-0.2, -0.15) is 0 Å². The van der Waals surface area contributed by atoms with E-state index >= 15 is 0 Å². The summed E-state index contributed by atoms with van der Waals surface area (Å²) < 4.78 is 0. The van der Waals surface area contributed by atoms with Gasteiger partial charge < -0.3 is 5.73 Å². The predicted octanol–water partition coefficient (Wildman–Crippen LogP) is 1.87. The summed E-state index contributed by atoms with van der Waals surface area (Å²) in [5.74, 6) is 0. The molecule has 0 bridgehead atoms. The fourth-order valence-corrected chi connectivity index (χ4v) is 0.888. The average molecular weight is 148 g/mol. The van der Waals surface area contributed by atoms with Crippen LogP contribution in [-0.2, 0) is 6.42 Å². The highest BCUT2D eigenvalue weighted by atomic mass is 14.7. The first-order valence-corrected chi connectivity index (χ1v) is 3.65. The van der Waals surface area contributed by atoms with Crippen molar-refractivity contribution in [1.29, 1.82) is 0 Å². The van der Waals surface area contributed by atoms with Crippen molar-refractivity contribution in [1.82, 2.24) is 4.98 Å². The highest BCUT2D eigenvalue weighted by molar-refractivity contribution is 5.59. The van der Waals surface area contributed by atoms with Crippen molar-refractivity contribution in [3.63, 3.8) is 0 Å². The largest absolute Gasteiger partial charge is 0.397 e. The molecule has 0 atom stereocenters. The monoisotopic (exact) mass is 148 g/mol. The van der Waals surface area contributed by atoms with Gasteiger partial charge in [0.05, 0.1) is 11.4 Å². The highest BCUT2D eigenvalue weighted by Gasteiger charge is 1.96. The second kappa shape index (κ2) is 3.19. The first kappa shape index (κ1) is 7.79. The molecule has 1 aromatic heterocycles. The van der Waals surface area contributed by atoms with Crippen LogP contribution in [0.1, 0.15) is 18.3 Å². The Morgan fingerprint density at radius 1 is 1.64 bits per heavy atom. The van der Waals surface area contributed by atoms with Gasteiger partial charge in [0.25, 0.3) is 0 Å². The van der Waals surface area contributed by atoms with Gasteiger partial charge in [-0.05, 0) is 24.6 Å². The second-order valence-electron chi connectivity index (χ2n) is 2.33. The van der Waals surface area contributed by atoms with E-state index in [4.69, 9.17) is 5.73 Å². The van der Waals surface area contributed by atoms with Crippen LogP contribution in [-0.4, -0.2) is 4.98 Å². The van der Waals surface area contributed by atoms with E-state index in [9.17, 15) is 0 Å². The van der Waals surface area contributed by atoms with E-state index < -0.39 is 0 Å². The van der Waals surface area contributed by atoms with E-state index in [0.29, 0.717) is 5.69 Å². The topological polar surface area (TPSA) is 38.9 Å². The molecule has 0 amide bonds. The van der Waals surface area contributed by atoms with Crippen LogP contribution in [0.3, 0.4) is 0 Å². The lowest BCUT2D eigenvalue weighted by Gasteiger charge is -2.00. The highest BCUT2D eigenvalue weighted by Crippen LogP contribution is 2.10. The third-order valence-electron chi connectivity index (χ3n) is 1.57. The Balaban J connectivity index is 3.12. The summed E-state index contributed by atoms with van der Waals surface area (Å²) in [6.45, 7) is 5.69. The number of nitrogens with zero attached hydrogens (tertiary/aromatic N) is 1. The maximum absolute atomic E-state index is 5.62. The van der Waals surface area contributed by atoms with E-state index in [-0.39, 0.29) is 0 Å². The van der Waals surface area contributed by atoms with Crippen molar-refractivity contribution in [2.45, 2.75) is 13.3 Å². The quantitative estimate of drug-likeness (QED) is 0.695. The molecule has 2 nitrogen and oxygen atoms in total. The molecule has 0 saturated carbocycles. The van der Waals surface area contributed by atoms with Crippen molar-refractivity contribution in [3.05, 3.63) is 30.1 Å². The van der Waals surface area contributed by atoms with Crippen LogP contribution in [0, 0.1) is 0 Å². The fraction of sp³-hybridized carbons (Fsp3) is 0.222. The van der Waals surface area contributed by atoms with Crippen LogP contribution in [0.25, 0.3) is 6.08 Å². The Morgan fingerprint density at radius 3 is 2.91 bits per heavy atom. The molecule has 0 saturated heterocycles. The van der Waals surface area contributed by atoms with Crippen LogP contribution < -0.4 is 5.73 Å². The van der Waals surface area contributed by atoms with Crippen LogP contribution in [0.5, 0.6) is 0 Å². The summed E-state index contributed by atoms with van der Waals surface area (Å²) in [5.41, 5.74) is 8.14. The minimum absolute atomic E-state index is 0.692. The first-order chi connectivity index (χ1) is 5.27. The molecule has 2 heteroatoms. The Bertz CT molecular complexity index is 266. The number of hydrogen-bond donors (Lipinski definition) is 1. The number of pyridine rings is 1. The number of aryl methyl sites for hydroxylation is 1. The van der Waals surface area contributed by atoms with Gasteiger partial charge in [0.1, 0.15) is 0 Å². The zero-order valence-corrected chi connectivity index (χ0v) is 6.67. The zero-order chi connectivity index (χ0) is 8.27. The van der Waals surface area contributed by atoms with Crippen LogP contribution in [0.4, 0.5) is 5.69 Å². The van der Waals surface area contributed by atoms with Crippen LogP contribution in [0.15, 0.2) is 18.7 Å². The fourth-order valence-electron chi connectivity index (χ4n) is 0.888. The van der Waals surface area contributed by atoms with E-state index in [2.05, 4.69) is 18.5 Å². The number of nitrogens with two attached hydrogens (primary N) is 1. The minimum Gasteiger partial charge on any atom is -0.397 e. The van der Waals surface area contributed by atoms with Gasteiger partial charge in [0, 0.05) is 5.69 Å². The molecule has 0 aliphatic heterocycles. The molecule has 0 aromatic carbocycles. The van der Waals surface area contributed by atoms with E-state index in [0.717, 1.165) is 17.8 Å². The van der Waals surface area contributed by atoms with Gasteiger partial charge in [0.15, 0.2) is 0 Å². The van der Waals surface area contributed by atoms with Gasteiger partial charge in [-0.25, -0.2) is 0 Å². The third kappa shape index (κ3) is 1.58. The van der Waals surface area contributed by atoms with Crippen molar-refractivity contribution < 1.29 is 0 Å². The lowest BCUT2D eigenvalue weighted by molar-refractivity contribution is 1.03. The number of anilines is 1. The molecule has 58 valence electrons. The summed E-state index contributed by atoms with van der Waals surface area (Å²) >= 11 is 0. The van der Waals surface area contributed by atoms with E-state index in [1.54, 1.807) is 6.08 Å². The summed E-state index contributed by atoms with van der Waals surface area (Å²) in [4.78, 5) is 4.27. The molecule has 0 unspecified atom stereocenters. The Morgan fingerprint density at radius 2 is 2.36 bits per heavy atom. The average Bonchev–Trinajstić information content (AvgIpc) is 2.05. The van der Waals surface area contributed by atoms with E-state index in [1.807, 2.05) is 12.1 Å². The predicted molar refractivity (Wildman–Crippen MR) is 48.1 cm³/mol. The normalized spacial score (nSPS) is 9.55. The lowest BCUT2D eigenvalue weighted by Crippen LogP contribution is -1.95. The number of hydrogen-bond acceptors (Lipinski definition) is 2. The first-order valence-electron chi connectivity index (χ1n) is 3.65. The van der Waals surface area contributed by atoms with Gasteiger partial charge in [0.2, 0.25) is 0 Å². The van der Waals surface area contributed by atoms with Gasteiger partial charge >= 0.3 is 0 Å². The zero-order valence-electron chi connectivity index (χ0n) is 6.67. The molecule has 0 aliphatic carbocycles. The van der Waals surface area contributed by atoms with Crippen molar-refractivity contribution in [2.24, 2.45) is 0 Å². The van der Waals surface area contributed by atoms with Crippen LogP contribution in [0.2, 0.25) is 0 Å². The van der Waals surface area contributed by atoms with Crippen LogP contribution >= 0.6 is 0 Å². The molecule has 11 heavy (non-hydrogen) atoms. The van der Waals surface area contributed by atoms with Gasteiger partial charge in [-0.3, -0.25) is 4.98 Å². The maximum Gasteiger partial charge on any atom is 0.0856 e. The molecular weight excluding hydrogens is 136 g/mol. The number of aromatic nitrogens is 1. The minimum atomic E-state index is 0.692. The molecule has 0 fully saturated rings. The molecule has 1 rings (SSSR count). The number of nitrogen functional groups attached to an aromatic ring is 1. The summed E-state index contributed by atoms with van der Waals surface area (Å²) in [5, 5.41) is 0. The van der Waals surface area contributed by atoms with Crippen molar-refractivity contribution in [2.75, 3.05) is 5.73 Å². The molecule has 1 heterocycles. The molecule has 0 aliphatic rings. The standard InChI is InChI=1S/C9H12N2/c1-3-7-5-6-8(10)9(4-2)11-7/h4-6H,2-3,10H2,1H3. The summed E-state index contributed by atoms with van der Waals surface area (Å²) in [7, 11) is 0. The van der Waals surface area contributed by atoms with E-state index in [1.165, 1.54) is 0 Å². The molecule has 2 N–H and O–H groups in total. The van der Waals surface area contributed by atoms with Crippen molar-refractivity contribution >= 4 is 11.8 Å². The van der Waals surface area contributed by atoms with Gasteiger partial charge in [-0.15, -0.1) is 0 Å².